The summed E-state index contributed by atoms with van der Waals surface area (Å²) in [4.78, 5) is 14.3. The second kappa shape index (κ2) is 8.96. The SMILES string of the molecule is CCN(CCC(=O)NCc1ccc(OC)cc1)c1cccc(C)c1. The van der Waals surface area contributed by atoms with Crippen LogP contribution in [0.15, 0.2) is 48.5 Å². The minimum absolute atomic E-state index is 0.0666. The van der Waals surface area contributed by atoms with Crippen molar-refractivity contribution in [2.75, 3.05) is 25.1 Å². The fraction of sp³-hybridized carbons (Fsp3) is 0.350. The number of benzene rings is 2. The minimum Gasteiger partial charge on any atom is -0.497 e. The Labute approximate surface area is 144 Å². The van der Waals surface area contributed by atoms with Crippen LogP contribution in [0.1, 0.15) is 24.5 Å². The number of anilines is 1. The van der Waals surface area contributed by atoms with Crippen molar-refractivity contribution in [3.63, 3.8) is 0 Å². The number of rotatable bonds is 8. The Kier molecular flexibility index (Phi) is 6.67. The number of ether oxygens (including phenoxy) is 1. The fourth-order valence-electron chi connectivity index (χ4n) is 2.56. The molecule has 0 aliphatic carbocycles. The van der Waals surface area contributed by atoms with Crippen molar-refractivity contribution in [3.8, 4) is 5.75 Å². The number of hydrogen-bond donors (Lipinski definition) is 1. The van der Waals surface area contributed by atoms with Gasteiger partial charge in [0.2, 0.25) is 5.91 Å². The van der Waals surface area contributed by atoms with Crippen LogP contribution in [0.5, 0.6) is 5.75 Å². The molecule has 1 N–H and O–H groups in total. The number of aryl methyl sites for hydroxylation is 1. The van der Waals surface area contributed by atoms with Crippen LogP contribution < -0.4 is 15.0 Å². The Balaban J connectivity index is 1.80. The third-order valence-electron chi connectivity index (χ3n) is 4.01. The average Bonchev–Trinajstić information content (AvgIpc) is 2.61. The first kappa shape index (κ1) is 17.9. The molecular formula is C20H26N2O2. The highest BCUT2D eigenvalue weighted by Crippen LogP contribution is 2.16. The van der Waals surface area contributed by atoms with E-state index in [1.807, 2.05) is 24.3 Å². The molecular weight excluding hydrogens is 300 g/mol. The summed E-state index contributed by atoms with van der Waals surface area (Å²) in [6.07, 6.45) is 0.484. The lowest BCUT2D eigenvalue weighted by Crippen LogP contribution is -2.30. The summed E-state index contributed by atoms with van der Waals surface area (Å²) >= 11 is 0. The third kappa shape index (κ3) is 5.30. The van der Waals surface area contributed by atoms with E-state index in [-0.39, 0.29) is 5.91 Å². The Morgan fingerprint density at radius 1 is 1.17 bits per heavy atom. The molecule has 4 heteroatoms. The lowest BCUT2D eigenvalue weighted by atomic mass is 10.2. The summed E-state index contributed by atoms with van der Waals surface area (Å²) in [5.74, 6) is 0.888. The van der Waals surface area contributed by atoms with E-state index in [2.05, 4.69) is 48.3 Å². The van der Waals surface area contributed by atoms with E-state index in [1.54, 1.807) is 7.11 Å². The zero-order valence-corrected chi connectivity index (χ0v) is 14.7. The van der Waals surface area contributed by atoms with Gasteiger partial charge >= 0.3 is 0 Å². The molecule has 0 aliphatic heterocycles. The van der Waals surface area contributed by atoms with E-state index in [9.17, 15) is 4.79 Å². The molecule has 0 atom stereocenters. The molecule has 0 aromatic heterocycles. The van der Waals surface area contributed by atoms with Crippen LogP contribution in [-0.4, -0.2) is 26.1 Å². The molecule has 0 radical (unpaired) electrons. The monoisotopic (exact) mass is 326 g/mol. The summed E-state index contributed by atoms with van der Waals surface area (Å²) in [6, 6.07) is 16.1. The third-order valence-corrected chi connectivity index (χ3v) is 4.01. The highest BCUT2D eigenvalue weighted by Gasteiger charge is 2.08. The van der Waals surface area contributed by atoms with Crippen molar-refractivity contribution in [1.82, 2.24) is 5.32 Å². The normalized spacial score (nSPS) is 10.3. The van der Waals surface area contributed by atoms with Gasteiger partial charge < -0.3 is 15.0 Å². The maximum absolute atomic E-state index is 12.1. The fourth-order valence-corrected chi connectivity index (χ4v) is 2.56. The van der Waals surface area contributed by atoms with Crippen molar-refractivity contribution in [3.05, 3.63) is 59.7 Å². The maximum atomic E-state index is 12.1. The molecule has 24 heavy (non-hydrogen) atoms. The van der Waals surface area contributed by atoms with Crippen LogP contribution in [0, 0.1) is 6.92 Å². The maximum Gasteiger partial charge on any atom is 0.222 e. The van der Waals surface area contributed by atoms with E-state index >= 15 is 0 Å². The van der Waals surface area contributed by atoms with Gasteiger partial charge in [-0.1, -0.05) is 24.3 Å². The summed E-state index contributed by atoms with van der Waals surface area (Å²) in [7, 11) is 1.64. The Bertz CT molecular complexity index is 653. The van der Waals surface area contributed by atoms with Gasteiger partial charge in [0.25, 0.3) is 0 Å². The van der Waals surface area contributed by atoms with Gasteiger partial charge in [-0.25, -0.2) is 0 Å². The Hall–Kier alpha value is -2.49. The first-order valence-electron chi connectivity index (χ1n) is 8.33. The number of hydrogen-bond acceptors (Lipinski definition) is 3. The number of carbonyl (C=O) groups excluding carboxylic acids is 1. The topological polar surface area (TPSA) is 41.6 Å². The van der Waals surface area contributed by atoms with Gasteiger partial charge in [0.15, 0.2) is 0 Å². The predicted octanol–water partition coefficient (Wildman–Crippen LogP) is 3.54. The molecule has 0 saturated heterocycles. The van der Waals surface area contributed by atoms with Crippen molar-refractivity contribution in [2.45, 2.75) is 26.8 Å². The number of carbonyl (C=O) groups is 1. The van der Waals surface area contributed by atoms with Gasteiger partial charge in [-0.05, 0) is 49.2 Å². The highest BCUT2D eigenvalue weighted by atomic mass is 16.5. The van der Waals surface area contributed by atoms with Crippen LogP contribution in [-0.2, 0) is 11.3 Å². The Morgan fingerprint density at radius 3 is 2.54 bits per heavy atom. The van der Waals surface area contributed by atoms with E-state index in [0.717, 1.165) is 17.9 Å². The van der Waals surface area contributed by atoms with E-state index in [4.69, 9.17) is 4.74 Å². The van der Waals surface area contributed by atoms with Crippen molar-refractivity contribution < 1.29 is 9.53 Å². The molecule has 0 spiro atoms. The van der Waals surface area contributed by atoms with E-state index < -0.39 is 0 Å². The number of nitrogens with zero attached hydrogens (tertiary/aromatic N) is 1. The van der Waals surface area contributed by atoms with Crippen LogP contribution in [0.2, 0.25) is 0 Å². The number of methoxy groups -OCH3 is 1. The van der Waals surface area contributed by atoms with Crippen LogP contribution in [0.3, 0.4) is 0 Å². The van der Waals surface area contributed by atoms with Gasteiger partial charge in [-0.2, -0.15) is 0 Å². The second-order valence-corrected chi connectivity index (χ2v) is 5.79. The zero-order valence-electron chi connectivity index (χ0n) is 14.7. The summed E-state index contributed by atoms with van der Waals surface area (Å²) < 4.78 is 5.13. The van der Waals surface area contributed by atoms with Crippen LogP contribution >= 0.6 is 0 Å². The molecule has 2 rings (SSSR count). The second-order valence-electron chi connectivity index (χ2n) is 5.79. The molecule has 0 aliphatic rings. The van der Waals surface area contributed by atoms with E-state index in [1.165, 1.54) is 11.3 Å². The molecule has 1 amide bonds. The van der Waals surface area contributed by atoms with Crippen molar-refractivity contribution >= 4 is 11.6 Å². The molecule has 0 fully saturated rings. The summed E-state index contributed by atoms with van der Waals surface area (Å²) in [6.45, 7) is 6.33. The van der Waals surface area contributed by atoms with Crippen LogP contribution in [0.25, 0.3) is 0 Å². The Morgan fingerprint density at radius 2 is 1.92 bits per heavy atom. The molecule has 2 aromatic carbocycles. The molecule has 4 nitrogen and oxygen atoms in total. The summed E-state index contributed by atoms with van der Waals surface area (Å²) in [5.41, 5.74) is 3.46. The standard InChI is InChI=1S/C20H26N2O2/c1-4-22(18-7-5-6-16(2)14-18)13-12-20(23)21-15-17-8-10-19(24-3)11-9-17/h5-11,14H,4,12-13,15H2,1-3H3,(H,21,23). The molecule has 0 bridgehead atoms. The van der Waals surface area contributed by atoms with Gasteiger partial charge in [0.05, 0.1) is 7.11 Å². The van der Waals surface area contributed by atoms with Gasteiger partial charge in [0.1, 0.15) is 5.75 Å². The lowest BCUT2D eigenvalue weighted by Gasteiger charge is -2.23. The zero-order chi connectivity index (χ0) is 17.4. The smallest absolute Gasteiger partial charge is 0.222 e. The molecule has 128 valence electrons. The number of nitrogens with one attached hydrogen (secondary N) is 1. The number of amides is 1. The molecule has 0 heterocycles. The van der Waals surface area contributed by atoms with Crippen molar-refractivity contribution in [2.24, 2.45) is 0 Å². The molecule has 0 saturated carbocycles. The first-order chi connectivity index (χ1) is 11.6. The quantitative estimate of drug-likeness (QED) is 0.807. The predicted molar refractivity (Wildman–Crippen MR) is 98.5 cm³/mol. The summed E-state index contributed by atoms with van der Waals surface area (Å²) in [5, 5.41) is 2.97. The average molecular weight is 326 g/mol. The largest absolute Gasteiger partial charge is 0.497 e. The molecule has 2 aromatic rings. The first-order valence-corrected chi connectivity index (χ1v) is 8.33. The van der Waals surface area contributed by atoms with Crippen molar-refractivity contribution in [1.29, 1.82) is 0 Å². The van der Waals surface area contributed by atoms with Gasteiger partial charge in [-0.3, -0.25) is 4.79 Å². The highest BCUT2D eigenvalue weighted by molar-refractivity contribution is 5.76. The lowest BCUT2D eigenvalue weighted by molar-refractivity contribution is -0.121. The minimum atomic E-state index is 0.0666. The van der Waals surface area contributed by atoms with Gasteiger partial charge in [-0.15, -0.1) is 0 Å². The van der Waals surface area contributed by atoms with Crippen LogP contribution in [0.4, 0.5) is 5.69 Å². The molecule has 0 unspecified atom stereocenters. The van der Waals surface area contributed by atoms with Gasteiger partial charge in [0, 0.05) is 31.7 Å². The van der Waals surface area contributed by atoms with E-state index in [0.29, 0.717) is 19.5 Å².